The summed E-state index contributed by atoms with van der Waals surface area (Å²) in [7, 11) is 0. The van der Waals surface area contributed by atoms with Gasteiger partial charge >= 0.3 is 6.18 Å². The average Bonchev–Trinajstić information content (AvgIpc) is 3.02. The molecule has 0 atom stereocenters. The second-order valence-corrected chi connectivity index (χ2v) is 7.35. The Morgan fingerprint density at radius 2 is 2.03 bits per heavy atom. The lowest BCUT2D eigenvalue weighted by molar-refractivity contribution is -0.140. The number of hydrogen-bond acceptors (Lipinski definition) is 3. The van der Waals surface area contributed by atoms with E-state index in [0.29, 0.717) is 35.6 Å². The molecule has 0 radical (unpaired) electrons. The van der Waals surface area contributed by atoms with Crippen molar-refractivity contribution in [2.45, 2.75) is 25.9 Å². The second kappa shape index (κ2) is 7.39. The number of alkyl halides is 3. The molecule has 3 aromatic rings. The highest BCUT2D eigenvalue weighted by molar-refractivity contribution is 6.30. The first-order chi connectivity index (χ1) is 14.1. The zero-order valence-electron chi connectivity index (χ0n) is 15.6. The van der Waals surface area contributed by atoms with Crippen LogP contribution in [0.5, 0.6) is 0 Å². The predicted octanol–water partition coefficient (Wildman–Crippen LogP) is 4.26. The van der Waals surface area contributed by atoms with Crippen LogP contribution in [0, 0.1) is 12.7 Å². The van der Waals surface area contributed by atoms with Crippen LogP contribution < -0.4 is 5.32 Å². The van der Waals surface area contributed by atoms with Gasteiger partial charge in [0.2, 0.25) is 0 Å². The number of carbonyl (C=O) groups excluding carboxylic acids is 1. The van der Waals surface area contributed by atoms with Crippen LogP contribution in [0.1, 0.15) is 38.6 Å². The second-order valence-electron chi connectivity index (χ2n) is 6.94. The van der Waals surface area contributed by atoms with Crippen LogP contribution in [-0.2, 0) is 19.0 Å². The first kappa shape index (κ1) is 20.3. The molecule has 0 aliphatic carbocycles. The number of halogens is 5. The van der Waals surface area contributed by atoms with Gasteiger partial charge in [0.25, 0.3) is 5.91 Å². The number of amides is 1. The molecule has 3 heterocycles. The summed E-state index contributed by atoms with van der Waals surface area (Å²) in [6, 6.07) is 5.26. The molecule has 0 fully saturated rings. The first-order valence-electron chi connectivity index (χ1n) is 9.02. The summed E-state index contributed by atoms with van der Waals surface area (Å²) >= 11 is 5.67. The minimum atomic E-state index is -4.86. The minimum absolute atomic E-state index is 0.0137. The summed E-state index contributed by atoms with van der Waals surface area (Å²) < 4.78 is 54.6. The van der Waals surface area contributed by atoms with Gasteiger partial charge in [-0.05, 0) is 36.8 Å². The fourth-order valence-corrected chi connectivity index (χ4v) is 3.80. The molecule has 2 aromatic heterocycles. The molecule has 0 spiro atoms. The Kier molecular flexibility index (Phi) is 5.01. The normalized spacial score (nSPS) is 13.9. The molecule has 0 saturated heterocycles. The van der Waals surface area contributed by atoms with Crippen LogP contribution >= 0.6 is 11.6 Å². The van der Waals surface area contributed by atoms with Crippen molar-refractivity contribution in [1.29, 1.82) is 0 Å². The zero-order valence-corrected chi connectivity index (χ0v) is 16.4. The number of hydrogen-bond donors (Lipinski definition) is 1. The molecule has 5 nitrogen and oxygen atoms in total. The minimum Gasteiger partial charge on any atom is -0.352 e. The molecular weight excluding hydrogens is 424 g/mol. The fraction of sp³-hybridized carbons (Fsp3) is 0.250. The van der Waals surface area contributed by atoms with Crippen molar-refractivity contribution in [2.24, 2.45) is 0 Å². The lowest BCUT2D eigenvalue weighted by atomic mass is 10.0. The van der Waals surface area contributed by atoms with Crippen molar-refractivity contribution in [1.82, 2.24) is 20.1 Å². The summed E-state index contributed by atoms with van der Waals surface area (Å²) in [4.78, 5) is 16.3. The van der Waals surface area contributed by atoms with Gasteiger partial charge in [-0.2, -0.15) is 18.3 Å². The molecule has 1 aliphatic heterocycles. The smallest absolute Gasteiger partial charge is 0.352 e. The number of fused-ring (bicyclic) bond motifs is 1. The molecule has 1 N–H and O–H groups in total. The van der Waals surface area contributed by atoms with E-state index in [9.17, 15) is 22.4 Å². The van der Waals surface area contributed by atoms with Crippen molar-refractivity contribution in [3.63, 3.8) is 0 Å². The maximum Gasteiger partial charge on any atom is 0.419 e. The van der Waals surface area contributed by atoms with E-state index in [-0.39, 0.29) is 17.9 Å². The van der Waals surface area contributed by atoms with Crippen LogP contribution in [0.25, 0.3) is 5.69 Å². The summed E-state index contributed by atoms with van der Waals surface area (Å²) in [5, 5.41) is 6.62. The van der Waals surface area contributed by atoms with Crippen molar-refractivity contribution < 1.29 is 22.4 Å². The lowest BCUT2D eigenvalue weighted by Crippen LogP contribution is -2.32. The van der Waals surface area contributed by atoms with Crippen molar-refractivity contribution >= 4 is 17.5 Å². The van der Waals surface area contributed by atoms with Crippen LogP contribution in [0.2, 0.25) is 5.02 Å². The van der Waals surface area contributed by atoms with Gasteiger partial charge in [-0.3, -0.25) is 9.78 Å². The van der Waals surface area contributed by atoms with E-state index in [2.05, 4.69) is 15.4 Å². The molecule has 0 bridgehead atoms. The van der Waals surface area contributed by atoms with Gasteiger partial charge in [0.15, 0.2) is 5.82 Å². The van der Waals surface area contributed by atoms with E-state index in [4.69, 9.17) is 11.6 Å². The maximum absolute atomic E-state index is 13.8. The third-order valence-electron chi connectivity index (χ3n) is 4.85. The number of pyridine rings is 1. The number of rotatable bonds is 3. The first-order valence-corrected chi connectivity index (χ1v) is 9.40. The highest BCUT2D eigenvalue weighted by Gasteiger charge is 2.35. The Labute approximate surface area is 173 Å². The highest BCUT2D eigenvalue weighted by atomic mass is 35.5. The Morgan fingerprint density at radius 3 is 2.77 bits per heavy atom. The average molecular weight is 439 g/mol. The van der Waals surface area contributed by atoms with Crippen molar-refractivity contribution in [3.8, 4) is 5.69 Å². The van der Waals surface area contributed by atoms with E-state index >= 15 is 0 Å². The van der Waals surface area contributed by atoms with Gasteiger partial charge < -0.3 is 5.32 Å². The molecule has 1 amide bonds. The maximum atomic E-state index is 13.8. The van der Waals surface area contributed by atoms with Gasteiger partial charge in [0, 0.05) is 31.3 Å². The number of nitrogens with one attached hydrogen (secondary N) is 1. The number of carbonyl (C=O) groups is 1. The molecule has 10 heteroatoms. The lowest BCUT2D eigenvalue weighted by Gasteiger charge is -2.15. The zero-order chi connectivity index (χ0) is 21.6. The summed E-state index contributed by atoms with van der Waals surface area (Å²) in [6.45, 7) is 2.23. The van der Waals surface area contributed by atoms with Gasteiger partial charge in [0.05, 0.1) is 33.2 Å². The third-order valence-corrected chi connectivity index (χ3v) is 5.13. The molecule has 1 aromatic carbocycles. The van der Waals surface area contributed by atoms with Gasteiger partial charge in [0.1, 0.15) is 0 Å². The highest BCUT2D eigenvalue weighted by Crippen LogP contribution is 2.35. The van der Waals surface area contributed by atoms with E-state index in [0.717, 1.165) is 17.8 Å². The number of nitrogens with zero attached hydrogens (tertiary/aromatic N) is 3. The van der Waals surface area contributed by atoms with E-state index in [1.54, 1.807) is 23.7 Å². The van der Waals surface area contributed by atoms with Crippen molar-refractivity contribution in [2.75, 3.05) is 6.54 Å². The van der Waals surface area contributed by atoms with Crippen LogP contribution in [-0.4, -0.2) is 27.2 Å². The quantitative estimate of drug-likeness (QED) is 0.621. The molecule has 30 heavy (non-hydrogen) atoms. The molecule has 156 valence electrons. The van der Waals surface area contributed by atoms with E-state index < -0.39 is 22.6 Å². The molecule has 0 saturated carbocycles. The monoisotopic (exact) mass is 438 g/mol. The topological polar surface area (TPSA) is 59.8 Å². The molecule has 1 aliphatic rings. The summed E-state index contributed by atoms with van der Waals surface area (Å²) in [6.07, 6.45) is -2.74. The van der Waals surface area contributed by atoms with Crippen LogP contribution in [0.15, 0.2) is 30.5 Å². The predicted molar refractivity (Wildman–Crippen MR) is 101 cm³/mol. The van der Waals surface area contributed by atoms with Crippen LogP contribution in [0.3, 0.4) is 0 Å². The summed E-state index contributed by atoms with van der Waals surface area (Å²) in [5.74, 6) is -1.68. The summed E-state index contributed by atoms with van der Waals surface area (Å²) in [5.41, 5.74) is 1.71. The number of aromatic nitrogens is 3. The fourth-order valence-electron chi connectivity index (χ4n) is 3.55. The van der Waals surface area contributed by atoms with Crippen LogP contribution in [0.4, 0.5) is 17.6 Å². The van der Waals surface area contributed by atoms with Gasteiger partial charge in [-0.15, -0.1) is 0 Å². The largest absolute Gasteiger partial charge is 0.419 e. The number of aryl methyl sites for hydroxylation is 1. The Morgan fingerprint density at radius 1 is 1.27 bits per heavy atom. The molecule has 0 unspecified atom stereocenters. The third kappa shape index (κ3) is 3.65. The van der Waals surface area contributed by atoms with Gasteiger partial charge in [-0.1, -0.05) is 11.6 Å². The Bertz CT molecular complexity index is 1160. The Hall–Kier alpha value is -2.94. The molecule has 4 rings (SSSR count). The van der Waals surface area contributed by atoms with Gasteiger partial charge in [-0.25, -0.2) is 9.07 Å². The molecular formula is C20H15ClF4N4O. The number of benzene rings is 1. The Balaban J connectivity index is 1.70. The van der Waals surface area contributed by atoms with E-state index in [1.807, 2.05) is 0 Å². The standard InChI is InChI=1S/C20H15ClF4N4O/c1-10-17-16(3-5-27-19(17)30)29(28-10)13-2-4-26-12(9-13)6-11-7-14(20(23,24)25)18(22)15(21)8-11/h2,4,7-9H,3,5-6H2,1H3,(H,27,30). The van der Waals surface area contributed by atoms with E-state index in [1.165, 1.54) is 6.20 Å². The SMILES string of the molecule is Cc1nn(-c2ccnc(Cc3cc(Cl)c(F)c(C(F)(F)F)c3)c2)c2c1C(=O)NCC2. The van der Waals surface area contributed by atoms with Crippen molar-refractivity contribution in [3.05, 3.63) is 75.1 Å².